The Morgan fingerprint density at radius 1 is 1.50 bits per heavy atom. The van der Waals surface area contributed by atoms with Gasteiger partial charge in [-0.15, -0.1) is 0 Å². The Morgan fingerprint density at radius 2 is 2.38 bits per heavy atom. The molecule has 0 aliphatic heterocycles. The van der Waals surface area contributed by atoms with Crippen LogP contribution >= 0.6 is 8.46 Å². The van der Waals surface area contributed by atoms with Gasteiger partial charge >= 0.3 is 0 Å². The molecule has 0 amide bonds. The van der Waals surface area contributed by atoms with Crippen LogP contribution in [0.1, 0.15) is 0 Å². The van der Waals surface area contributed by atoms with Gasteiger partial charge in [-0.3, -0.25) is 4.57 Å². The largest absolute Gasteiger partial charge is 0.268 e. The van der Waals surface area contributed by atoms with E-state index in [0.29, 0.717) is 5.44 Å². The first-order chi connectivity index (χ1) is 3.93. The molecule has 1 heterocycles. The quantitative estimate of drug-likeness (QED) is 0.524. The minimum Gasteiger partial charge on any atom is -0.268 e. The van der Waals surface area contributed by atoms with E-state index in [9.17, 15) is 4.57 Å². The fourth-order valence-corrected chi connectivity index (χ4v) is 0.668. The van der Waals surface area contributed by atoms with E-state index in [-0.39, 0.29) is 8.46 Å². The third kappa shape index (κ3) is 1.11. The van der Waals surface area contributed by atoms with Gasteiger partial charge in [0.2, 0.25) is 8.46 Å². The molecule has 0 aromatic carbocycles. The number of hydrogen-bond donors (Lipinski definition) is 0. The molecule has 1 aromatic rings. The van der Waals surface area contributed by atoms with Crippen molar-refractivity contribution < 1.29 is 4.57 Å². The monoisotopic (exact) mass is 125 g/mol. The summed E-state index contributed by atoms with van der Waals surface area (Å²) in [7, 11) is -0.0117. The molecule has 0 bridgehead atoms. The third-order valence-electron chi connectivity index (χ3n) is 0.743. The van der Waals surface area contributed by atoms with Gasteiger partial charge in [0, 0.05) is 6.20 Å². The maximum Gasteiger partial charge on any atom is 0.212 e. The molecule has 8 heavy (non-hydrogen) atoms. The highest BCUT2D eigenvalue weighted by Crippen LogP contribution is 1.88. The molecular weight excluding hydrogens is 121 g/mol. The predicted molar refractivity (Wildman–Crippen MR) is 31.5 cm³/mol. The van der Waals surface area contributed by atoms with E-state index in [1.807, 2.05) is 0 Å². The van der Waals surface area contributed by atoms with Crippen LogP contribution in [0.5, 0.6) is 0 Å². The summed E-state index contributed by atoms with van der Waals surface area (Å²) in [4.78, 5) is 3.77. The van der Waals surface area contributed by atoms with Crippen LogP contribution in [0.3, 0.4) is 0 Å². The fraction of sp³-hybridized carbons (Fsp3) is 0. The minimum atomic E-state index is -0.0117. The second-order valence-electron chi connectivity index (χ2n) is 1.28. The van der Waals surface area contributed by atoms with Gasteiger partial charge in [-0.2, -0.15) is 0 Å². The van der Waals surface area contributed by atoms with Crippen molar-refractivity contribution in [1.29, 1.82) is 0 Å². The average Bonchev–Trinajstić information content (AvgIpc) is 1.90. The summed E-state index contributed by atoms with van der Waals surface area (Å²) >= 11 is 0. The molecule has 0 saturated heterocycles. The summed E-state index contributed by atoms with van der Waals surface area (Å²) in [6.07, 6.45) is 1.61. The summed E-state index contributed by atoms with van der Waals surface area (Å²) in [6.45, 7) is 0. The Kier molecular flexibility index (Phi) is 1.70. The standard InChI is InChI=1S/C5H4NOP/c7-8-5-3-1-2-4-6-5/h1-4H. The van der Waals surface area contributed by atoms with Crippen LogP contribution in [-0.2, 0) is 4.57 Å². The van der Waals surface area contributed by atoms with E-state index in [4.69, 9.17) is 0 Å². The van der Waals surface area contributed by atoms with Gasteiger partial charge in [-0.1, -0.05) is 6.07 Å². The number of aromatic nitrogens is 1. The van der Waals surface area contributed by atoms with E-state index in [0.717, 1.165) is 0 Å². The Balaban J connectivity index is 2.99. The highest BCUT2D eigenvalue weighted by molar-refractivity contribution is 7.33. The second-order valence-corrected chi connectivity index (χ2v) is 1.92. The van der Waals surface area contributed by atoms with Gasteiger partial charge in [0.15, 0.2) is 0 Å². The van der Waals surface area contributed by atoms with Gasteiger partial charge in [-0.25, -0.2) is 4.98 Å². The molecule has 0 unspecified atom stereocenters. The molecule has 3 heteroatoms. The second kappa shape index (κ2) is 2.53. The normalized spacial score (nSPS) is 9.50. The van der Waals surface area contributed by atoms with Crippen molar-refractivity contribution in [3.05, 3.63) is 24.4 Å². The summed E-state index contributed by atoms with van der Waals surface area (Å²) < 4.78 is 10.0. The van der Waals surface area contributed by atoms with Crippen LogP contribution in [0.15, 0.2) is 24.4 Å². The fourth-order valence-electron chi connectivity index (χ4n) is 0.408. The lowest BCUT2D eigenvalue weighted by Crippen LogP contribution is -1.93. The summed E-state index contributed by atoms with van der Waals surface area (Å²) in [5.41, 5.74) is 0.576. The van der Waals surface area contributed by atoms with Crippen molar-refractivity contribution in [2.75, 3.05) is 0 Å². The molecule has 0 spiro atoms. The van der Waals surface area contributed by atoms with Gasteiger partial charge < -0.3 is 0 Å². The SMILES string of the molecule is O=Pc1ccccn1. The first-order valence-corrected chi connectivity index (χ1v) is 2.99. The third-order valence-corrected chi connectivity index (χ3v) is 1.19. The van der Waals surface area contributed by atoms with Crippen LogP contribution in [0, 0.1) is 0 Å². The van der Waals surface area contributed by atoms with Gasteiger partial charge in [0.05, 0.1) is 0 Å². The Morgan fingerprint density at radius 3 is 2.75 bits per heavy atom. The summed E-state index contributed by atoms with van der Waals surface area (Å²) in [6, 6.07) is 5.29. The number of rotatable bonds is 1. The topological polar surface area (TPSA) is 30.0 Å². The van der Waals surface area contributed by atoms with Crippen LogP contribution in [0.2, 0.25) is 0 Å². The van der Waals surface area contributed by atoms with Crippen LogP contribution in [0.25, 0.3) is 0 Å². The average molecular weight is 125 g/mol. The lowest BCUT2D eigenvalue weighted by atomic mass is 10.5. The molecule has 1 rings (SSSR count). The molecule has 40 valence electrons. The zero-order valence-corrected chi connectivity index (χ0v) is 5.01. The number of pyridine rings is 1. The molecule has 0 saturated carbocycles. The molecule has 1 aromatic heterocycles. The van der Waals surface area contributed by atoms with E-state index in [1.54, 1.807) is 24.4 Å². The highest BCUT2D eigenvalue weighted by Gasteiger charge is 1.83. The first-order valence-electron chi connectivity index (χ1n) is 2.18. The Bertz CT molecular complexity index is 175. The van der Waals surface area contributed by atoms with E-state index >= 15 is 0 Å². The lowest BCUT2D eigenvalue weighted by Gasteiger charge is -1.80. The first kappa shape index (κ1) is 5.39. The molecule has 0 aliphatic carbocycles. The van der Waals surface area contributed by atoms with Crippen molar-refractivity contribution in [2.24, 2.45) is 0 Å². The zero-order chi connectivity index (χ0) is 5.82. The van der Waals surface area contributed by atoms with Crippen LogP contribution in [-0.4, -0.2) is 4.98 Å². The predicted octanol–water partition coefficient (Wildman–Crippen LogP) is 0.999. The molecule has 0 radical (unpaired) electrons. The zero-order valence-electron chi connectivity index (χ0n) is 4.11. The van der Waals surface area contributed by atoms with E-state index in [1.165, 1.54) is 0 Å². The van der Waals surface area contributed by atoms with Crippen molar-refractivity contribution >= 4 is 13.9 Å². The molecule has 0 N–H and O–H groups in total. The number of hydrogen-bond acceptors (Lipinski definition) is 2. The van der Waals surface area contributed by atoms with E-state index < -0.39 is 0 Å². The molecule has 0 atom stereocenters. The highest BCUT2D eigenvalue weighted by atomic mass is 31.1. The van der Waals surface area contributed by atoms with Crippen molar-refractivity contribution in [3.63, 3.8) is 0 Å². The van der Waals surface area contributed by atoms with Crippen LogP contribution in [0.4, 0.5) is 0 Å². The smallest absolute Gasteiger partial charge is 0.212 e. The van der Waals surface area contributed by atoms with Gasteiger partial charge in [-0.05, 0) is 12.1 Å². The summed E-state index contributed by atoms with van der Waals surface area (Å²) in [5.74, 6) is 0. The maximum absolute atomic E-state index is 10.0. The molecule has 2 nitrogen and oxygen atoms in total. The number of nitrogens with zero attached hydrogens (tertiary/aromatic N) is 1. The molecule has 0 aliphatic rings. The molecule has 0 fully saturated rings. The Hall–Kier alpha value is -0.750. The van der Waals surface area contributed by atoms with Crippen molar-refractivity contribution in [3.8, 4) is 0 Å². The van der Waals surface area contributed by atoms with Crippen molar-refractivity contribution in [2.45, 2.75) is 0 Å². The van der Waals surface area contributed by atoms with Crippen LogP contribution < -0.4 is 5.44 Å². The van der Waals surface area contributed by atoms with E-state index in [2.05, 4.69) is 4.98 Å². The minimum absolute atomic E-state index is 0.0117. The Labute approximate surface area is 48.8 Å². The molecular formula is C5H4NOP. The maximum atomic E-state index is 10.0. The van der Waals surface area contributed by atoms with Gasteiger partial charge in [0.1, 0.15) is 5.44 Å². The summed E-state index contributed by atoms with van der Waals surface area (Å²) in [5, 5.41) is 0. The lowest BCUT2D eigenvalue weighted by molar-refractivity contribution is 0.602. The van der Waals surface area contributed by atoms with Crippen molar-refractivity contribution in [1.82, 2.24) is 4.98 Å². The van der Waals surface area contributed by atoms with Gasteiger partial charge in [0.25, 0.3) is 0 Å².